The number of furan rings is 1. The van der Waals surface area contributed by atoms with E-state index < -0.39 is 0 Å². The molecule has 1 aliphatic rings. The van der Waals surface area contributed by atoms with E-state index >= 15 is 0 Å². The fraction of sp³-hybridized carbons (Fsp3) is 0.529. The maximum absolute atomic E-state index is 5.50. The van der Waals surface area contributed by atoms with Crippen molar-refractivity contribution >= 4 is 0 Å². The Bertz CT molecular complexity index is 606. The molecule has 2 aromatic heterocycles. The zero-order valence-corrected chi connectivity index (χ0v) is 13.1. The maximum atomic E-state index is 5.50. The second-order valence-corrected chi connectivity index (χ2v) is 5.96. The van der Waals surface area contributed by atoms with Crippen LogP contribution in [0.15, 0.2) is 16.7 Å². The van der Waals surface area contributed by atoms with Crippen LogP contribution in [-0.2, 0) is 6.42 Å². The lowest BCUT2D eigenvalue weighted by molar-refractivity contribution is 0.574. The Kier molecular flexibility index (Phi) is 4.06. The number of hydrogen-bond acceptors (Lipinski definition) is 4. The molecule has 1 aliphatic carbocycles. The lowest BCUT2D eigenvalue weighted by Crippen LogP contribution is -2.18. The smallest absolute Gasteiger partial charge is 0.196 e. The van der Waals surface area contributed by atoms with Gasteiger partial charge in [-0.05, 0) is 70.2 Å². The highest BCUT2D eigenvalue weighted by Crippen LogP contribution is 2.23. The summed E-state index contributed by atoms with van der Waals surface area (Å²) in [6.45, 7) is 7.24. The zero-order valence-electron chi connectivity index (χ0n) is 13.1. The van der Waals surface area contributed by atoms with Gasteiger partial charge in [0.1, 0.15) is 0 Å². The lowest BCUT2D eigenvalue weighted by Gasteiger charge is -2.10. The van der Waals surface area contributed by atoms with E-state index in [4.69, 9.17) is 4.42 Å². The van der Waals surface area contributed by atoms with Crippen LogP contribution < -0.4 is 5.32 Å². The zero-order chi connectivity index (χ0) is 14.8. The topological polar surface area (TPSA) is 51.0 Å². The third kappa shape index (κ3) is 3.32. The average molecular weight is 285 g/mol. The van der Waals surface area contributed by atoms with Gasteiger partial charge in [-0.3, -0.25) is 0 Å². The van der Waals surface area contributed by atoms with Crippen LogP contribution in [0.4, 0.5) is 0 Å². The molecule has 4 heteroatoms. The SMILES string of the molecule is Cc1ccoc1-c1nc(C)c(CCCNC2CC2)c(C)n1. The molecule has 0 radical (unpaired) electrons. The Morgan fingerprint density at radius 2 is 1.90 bits per heavy atom. The largest absolute Gasteiger partial charge is 0.461 e. The summed E-state index contributed by atoms with van der Waals surface area (Å²) in [5.74, 6) is 1.48. The first-order valence-electron chi connectivity index (χ1n) is 7.77. The van der Waals surface area contributed by atoms with Crippen molar-refractivity contribution in [3.8, 4) is 11.6 Å². The molecule has 3 rings (SSSR count). The van der Waals surface area contributed by atoms with Crippen LogP contribution in [0.25, 0.3) is 11.6 Å². The minimum absolute atomic E-state index is 0.701. The van der Waals surface area contributed by atoms with Gasteiger partial charge < -0.3 is 9.73 Å². The summed E-state index contributed by atoms with van der Waals surface area (Å²) in [4.78, 5) is 9.28. The Hall–Kier alpha value is -1.68. The van der Waals surface area contributed by atoms with Crippen LogP contribution >= 0.6 is 0 Å². The first-order chi connectivity index (χ1) is 10.1. The van der Waals surface area contributed by atoms with Crippen LogP contribution in [-0.4, -0.2) is 22.6 Å². The van der Waals surface area contributed by atoms with Gasteiger partial charge in [-0.25, -0.2) is 9.97 Å². The summed E-state index contributed by atoms with van der Waals surface area (Å²) >= 11 is 0. The number of rotatable bonds is 6. The van der Waals surface area contributed by atoms with Crippen LogP contribution in [0.5, 0.6) is 0 Å². The Morgan fingerprint density at radius 1 is 1.19 bits per heavy atom. The molecule has 21 heavy (non-hydrogen) atoms. The molecule has 0 spiro atoms. The van der Waals surface area contributed by atoms with Crippen molar-refractivity contribution in [2.24, 2.45) is 0 Å². The van der Waals surface area contributed by atoms with Crippen molar-refractivity contribution in [2.75, 3.05) is 6.54 Å². The second-order valence-electron chi connectivity index (χ2n) is 5.96. The molecule has 0 aromatic carbocycles. The number of nitrogens with one attached hydrogen (secondary N) is 1. The van der Waals surface area contributed by atoms with Crippen molar-refractivity contribution in [3.05, 3.63) is 34.8 Å². The number of nitrogens with zero attached hydrogens (tertiary/aromatic N) is 2. The second kappa shape index (κ2) is 5.98. The molecule has 4 nitrogen and oxygen atoms in total. The van der Waals surface area contributed by atoms with E-state index in [1.54, 1.807) is 6.26 Å². The van der Waals surface area contributed by atoms with Crippen LogP contribution in [0, 0.1) is 20.8 Å². The van der Waals surface area contributed by atoms with E-state index in [0.717, 1.165) is 48.1 Å². The number of aromatic nitrogens is 2. The van der Waals surface area contributed by atoms with Crippen molar-refractivity contribution < 1.29 is 4.42 Å². The third-order valence-corrected chi connectivity index (χ3v) is 4.10. The molecule has 0 atom stereocenters. The fourth-order valence-electron chi connectivity index (χ4n) is 2.66. The highest BCUT2D eigenvalue weighted by Gasteiger charge is 2.19. The summed E-state index contributed by atoms with van der Waals surface area (Å²) in [6, 6.07) is 2.73. The van der Waals surface area contributed by atoms with E-state index in [2.05, 4.69) is 29.1 Å². The van der Waals surface area contributed by atoms with Crippen molar-refractivity contribution in [2.45, 2.75) is 52.5 Å². The fourth-order valence-corrected chi connectivity index (χ4v) is 2.66. The maximum Gasteiger partial charge on any atom is 0.196 e. The highest BCUT2D eigenvalue weighted by molar-refractivity contribution is 5.53. The lowest BCUT2D eigenvalue weighted by atomic mass is 10.1. The van der Waals surface area contributed by atoms with Crippen LogP contribution in [0.2, 0.25) is 0 Å². The minimum Gasteiger partial charge on any atom is -0.461 e. The summed E-state index contributed by atoms with van der Waals surface area (Å²) in [5.41, 5.74) is 4.50. The predicted octanol–water partition coefficient (Wildman–Crippen LogP) is 3.35. The molecule has 2 aromatic rings. The monoisotopic (exact) mass is 285 g/mol. The summed E-state index contributed by atoms with van der Waals surface area (Å²) in [6.07, 6.45) is 6.56. The van der Waals surface area contributed by atoms with Gasteiger partial charge in [-0.15, -0.1) is 0 Å². The van der Waals surface area contributed by atoms with Gasteiger partial charge in [0.25, 0.3) is 0 Å². The van der Waals surface area contributed by atoms with Crippen molar-refractivity contribution in [1.82, 2.24) is 15.3 Å². The van der Waals surface area contributed by atoms with Crippen LogP contribution in [0.1, 0.15) is 41.8 Å². The average Bonchev–Trinajstić information content (AvgIpc) is 3.17. The van der Waals surface area contributed by atoms with Gasteiger partial charge in [0, 0.05) is 17.4 Å². The molecule has 1 saturated carbocycles. The standard InChI is InChI=1S/C17H23N3O/c1-11-8-10-21-16(11)17-19-12(2)15(13(3)20-17)5-4-9-18-14-6-7-14/h8,10,14,18H,4-7,9H2,1-3H3. The molecule has 0 amide bonds. The quantitative estimate of drug-likeness (QED) is 0.827. The summed E-state index contributed by atoms with van der Waals surface area (Å²) < 4.78 is 5.50. The molecule has 1 N–H and O–H groups in total. The normalized spacial score (nSPS) is 14.6. The number of aryl methyl sites for hydroxylation is 3. The molecule has 0 saturated heterocycles. The van der Waals surface area contributed by atoms with Crippen LogP contribution in [0.3, 0.4) is 0 Å². The summed E-state index contributed by atoms with van der Waals surface area (Å²) in [7, 11) is 0. The van der Waals surface area contributed by atoms with E-state index in [1.807, 2.05) is 13.0 Å². The van der Waals surface area contributed by atoms with Gasteiger partial charge in [0.05, 0.1) is 6.26 Å². The first kappa shape index (κ1) is 14.3. The van der Waals surface area contributed by atoms with Gasteiger partial charge in [-0.1, -0.05) is 0 Å². The van der Waals surface area contributed by atoms with E-state index in [9.17, 15) is 0 Å². The Balaban J connectivity index is 1.71. The molecule has 0 bridgehead atoms. The van der Waals surface area contributed by atoms with Crippen molar-refractivity contribution in [1.29, 1.82) is 0 Å². The minimum atomic E-state index is 0.701. The first-order valence-corrected chi connectivity index (χ1v) is 7.77. The Labute approximate surface area is 126 Å². The molecular formula is C17H23N3O. The van der Waals surface area contributed by atoms with Gasteiger partial charge in [0.15, 0.2) is 11.6 Å². The van der Waals surface area contributed by atoms with Gasteiger partial charge in [-0.2, -0.15) is 0 Å². The molecule has 2 heterocycles. The predicted molar refractivity (Wildman–Crippen MR) is 83.3 cm³/mol. The van der Waals surface area contributed by atoms with E-state index in [0.29, 0.717) is 5.82 Å². The molecule has 0 aliphatic heterocycles. The molecule has 0 unspecified atom stereocenters. The van der Waals surface area contributed by atoms with E-state index in [-0.39, 0.29) is 0 Å². The number of hydrogen-bond donors (Lipinski definition) is 1. The molecular weight excluding hydrogens is 262 g/mol. The van der Waals surface area contributed by atoms with Gasteiger partial charge in [0.2, 0.25) is 0 Å². The van der Waals surface area contributed by atoms with Gasteiger partial charge >= 0.3 is 0 Å². The Morgan fingerprint density at radius 3 is 2.48 bits per heavy atom. The van der Waals surface area contributed by atoms with E-state index in [1.165, 1.54) is 18.4 Å². The third-order valence-electron chi connectivity index (χ3n) is 4.10. The molecule has 112 valence electrons. The molecule has 1 fully saturated rings. The summed E-state index contributed by atoms with van der Waals surface area (Å²) in [5, 5.41) is 3.55. The highest BCUT2D eigenvalue weighted by atomic mass is 16.3. The van der Waals surface area contributed by atoms with Crippen molar-refractivity contribution in [3.63, 3.8) is 0 Å².